The average Bonchev–Trinajstić information content (AvgIpc) is 2.81. The van der Waals surface area contributed by atoms with E-state index in [9.17, 15) is 9.59 Å². The Morgan fingerprint density at radius 1 is 0.938 bits per heavy atom. The van der Waals surface area contributed by atoms with Crippen LogP contribution in [0.5, 0.6) is 0 Å². The second kappa shape index (κ2) is 10.0. The zero-order chi connectivity index (χ0) is 22.3. The Morgan fingerprint density at radius 3 is 2.44 bits per heavy atom. The Bertz CT molecular complexity index is 1070. The summed E-state index contributed by atoms with van der Waals surface area (Å²) in [6, 6.07) is 25.0. The van der Waals surface area contributed by atoms with Gasteiger partial charge < -0.3 is 9.64 Å². The number of urea groups is 1. The zero-order valence-corrected chi connectivity index (χ0v) is 18.2. The van der Waals surface area contributed by atoms with Gasteiger partial charge in [-0.1, -0.05) is 60.2 Å². The normalized spacial score (nSPS) is 13.7. The van der Waals surface area contributed by atoms with Gasteiger partial charge in [-0.05, 0) is 48.7 Å². The van der Waals surface area contributed by atoms with E-state index < -0.39 is 6.09 Å². The third-order valence-corrected chi connectivity index (χ3v) is 5.41. The molecule has 32 heavy (non-hydrogen) atoms. The molecule has 6 nitrogen and oxygen atoms in total. The van der Waals surface area contributed by atoms with Crippen LogP contribution < -0.4 is 10.2 Å². The smallest absolute Gasteiger partial charge is 0.411 e. The lowest BCUT2D eigenvalue weighted by molar-refractivity contribution is 0.155. The van der Waals surface area contributed by atoms with Gasteiger partial charge in [0.1, 0.15) is 6.61 Å². The molecular formula is C26H27N3O3. The molecule has 3 amide bonds. The van der Waals surface area contributed by atoms with E-state index in [-0.39, 0.29) is 12.6 Å². The molecule has 3 aromatic rings. The van der Waals surface area contributed by atoms with E-state index in [1.165, 1.54) is 5.56 Å². The number of amides is 3. The third kappa shape index (κ3) is 5.46. The molecule has 0 spiro atoms. The number of ether oxygens (including phenoxy) is 1. The van der Waals surface area contributed by atoms with Crippen LogP contribution in [0.15, 0.2) is 78.9 Å². The largest absolute Gasteiger partial charge is 0.444 e. The monoisotopic (exact) mass is 429 g/mol. The molecule has 1 aliphatic rings. The SMILES string of the molecule is Cc1cccc(CN2CCCN(c3ccc(NC(=O)OCc4ccccc4)cc3)C2=O)c1. The number of nitrogens with one attached hydrogen (secondary N) is 1. The van der Waals surface area contributed by atoms with Crippen molar-refractivity contribution in [3.05, 3.63) is 95.6 Å². The molecule has 0 bridgehead atoms. The van der Waals surface area contributed by atoms with Crippen molar-refractivity contribution in [3.8, 4) is 0 Å². The highest BCUT2D eigenvalue weighted by molar-refractivity contribution is 5.93. The van der Waals surface area contributed by atoms with Gasteiger partial charge in [-0.25, -0.2) is 9.59 Å². The van der Waals surface area contributed by atoms with E-state index >= 15 is 0 Å². The van der Waals surface area contributed by atoms with Crippen LogP contribution in [-0.2, 0) is 17.9 Å². The summed E-state index contributed by atoms with van der Waals surface area (Å²) in [5, 5.41) is 2.73. The number of nitrogens with zero attached hydrogens (tertiary/aromatic N) is 2. The van der Waals surface area contributed by atoms with Gasteiger partial charge >= 0.3 is 12.1 Å². The fourth-order valence-corrected chi connectivity index (χ4v) is 3.80. The first-order valence-electron chi connectivity index (χ1n) is 10.8. The maximum absolute atomic E-state index is 13.1. The maximum atomic E-state index is 13.1. The number of benzene rings is 3. The van der Waals surface area contributed by atoms with Crippen LogP contribution in [0.3, 0.4) is 0 Å². The van der Waals surface area contributed by atoms with Crippen LogP contribution in [0.25, 0.3) is 0 Å². The minimum absolute atomic E-state index is 0.000682. The third-order valence-electron chi connectivity index (χ3n) is 5.41. The highest BCUT2D eigenvalue weighted by Gasteiger charge is 2.26. The fourth-order valence-electron chi connectivity index (χ4n) is 3.80. The summed E-state index contributed by atoms with van der Waals surface area (Å²) in [6.45, 7) is 4.29. The molecule has 0 unspecified atom stereocenters. The van der Waals surface area contributed by atoms with Crippen molar-refractivity contribution in [2.75, 3.05) is 23.3 Å². The van der Waals surface area contributed by atoms with Crippen LogP contribution in [0, 0.1) is 6.92 Å². The lowest BCUT2D eigenvalue weighted by Gasteiger charge is -2.35. The van der Waals surface area contributed by atoms with Gasteiger partial charge in [-0.15, -0.1) is 0 Å². The average molecular weight is 430 g/mol. The topological polar surface area (TPSA) is 61.9 Å². The van der Waals surface area contributed by atoms with Crippen LogP contribution in [0.2, 0.25) is 0 Å². The van der Waals surface area contributed by atoms with Gasteiger partial charge in [0.15, 0.2) is 0 Å². The first-order chi connectivity index (χ1) is 15.6. The zero-order valence-electron chi connectivity index (χ0n) is 18.2. The van der Waals surface area contributed by atoms with Crippen molar-refractivity contribution < 1.29 is 14.3 Å². The molecule has 1 fully saturated rings. The van der Waals surface area contributed by atoms with E-state index in [1.54, 1.807) is 17.0 Å². The molecule has 1 N–H and O–H groups in total. The van der Waals surface area contributed by atoms with Crippen LogP contribution >= 0.6 is 0 Å². The van der Waals surface area contributed by atoms with Crippen molar-refractivity contribution in [1.82, 2.24) is 4.90 Å². The Kier molecular flexibility index (Phi) is 6.70. The van der Waals surface area contributed by atoms with Gasteiger partial charge in [0.05, 0.1) is 0 Å². The van der Waals surface area contributed by atoms with E-state index in [4.69, 9.17) is 4.74 Å². The highest BCUT2D eigenvalue weighted by Crippen LogP contribution is 2.23. The predicted molar refractivity (Wildman–Crippen MR) is 126 cm³/mol. The highest BCUT2D eigenvalue weighted by atomic mass is 16.5. The van der Waals surface area contributed by atoms with Gasteiger partial charge in [0, 0.05) is 31.0 Å². The Balaban J connectivity index is 1.34. The van der Waals surface area contributed by atoms with Crippen molar-refractivity contribution >= 4 is 23.5 Å². The van der Waals surface area contributed by atoms with Crippen molar-refractivity contribution in [2.24, 2.45) is 0 Å². The summed E-state index contributed by atoms with van der Waals surface area (Å²) >= 11 is 0. The van der Waals surface area contributed by atoms with Crippen molar-refractivity contribution in [2.45, 2.75) is 26.5 Å². The minimum atomic E-state index is -0.514. The molecule has 0 aliphatic carbocycles. The number of hydrogen-bond donors (Lipinski definition) is 1. The minimum Gasteiger partial charge on any atom is -0.444 e. The Labute approximate surface area is 188 Å². The number of anilines is 2. The summed E-state index contributed by atoms with van der Waals surface area (Å²) in [4.78, 5) is 28.8. The molecule has 1 aliphatic heterocycles. The number of carbonyl (C=O) groups is 2. The standard InChI is InChI=1S/C26H27N3O3/c1-20-7-5-10-22(17-20)18-28-15-6-16-29(26(28)31)24-13-11-23(12-14-24)27-25(30)32-19-21-8-3-2-4-9-21/h2-5,7-14,17H,6,15-16,18-19H2,1H3,(H,27,30). The summed E-state index contributed by atoms with van der Waals surface area (Å²) in [5.74, 6) is 0. The van der Waals surface area contributed by atoms with E-state index in [2.05, 4.69) is 30.4 Å². The van der Waals surface area contributed by atoms with Crippen molar-refractivity contribution in [3.63, 3.8) is 0 Å². The second-order valence-corrected chi connectivity index (χ2v) is 7.93. The van der Waals surface area contributed by atoms with Crippen LogP contribution in [-0.4, -0.2) is 30.1 Å². The molecule has 0 atom stereocenters. The first-order valence-corrected chi connectivity index (χ1v) is 10.8. The molecule has 0 saturated carbocycles. The fraction of sp³-hybridized carbons (Fsp3) is 0.231. The molecule has 1 heterocycles. The molecule has 164 valence electrons. The Hall–Kier alpha value is -3.80. The quantitative estimate of drug-likeness (QED) is 0.557. The van der Waals surface area contributed by atoms with E-state index in [1.807, 2.05) is 53.4 Å². The van der Waals surface area contributed by atoms with Crippen molar-refractivity contribution in [1.29, 1.82) is 0 Å². The number of carbonyl (C=O) groups excluding carboxylic acids is 2. The summed E-state index contributed by atoms with van der Waals surface area (Å²) in [7, 11) is 0. The molecular weight excluding hydrogens is 402 g/mol. The van der Waals surface area contributed by atoms with E-state index in [0.29, 0.717) is 18.8 Å². The van der Waals surface area contributed by atoms with Gasteiger partial charge in [0.25, 0.3) is 0 Å². The number of rotatable bonds is 6. The molecule has 0 aromatic heterocycles. The first kappa shape index (κ1) is 21.4. The van der Waals surface area contributed by atoms with Gasteiger partial charge in [-0.3, -0.25) is 10.2 Å². The van der Waals surface area contributed by atoms with Crippen LogP contribution in [0.1, 0.15) is 23.1 Å². The lowest BCUT2D eigenvalue weighted by atomic mass is 10.1. The Morgan fingerprint density at radius 2 is 1.69 bits per heavy atom. The molecule has 1 saturated heterocycles. The molecule has 4 rings (SSSR count). The van der Waals surface area contributed by atoms with Gasteiger partial charge in [-0.2, -0.15) is 0 Å². The van der Waals surface area contributed by atoms with Crippen LogP contribution in [0.4, 0.5) is 21.0 Å². The lowest BCUT2D eigenvalue weighted by Crippen LogP contribution is -2.49. The summed E-state index contributed by atoms with van der Waals surface area (Å²) < 4.78 is 5.25. The maximum Gasteiger partial charge on any atom is 0.411 e. The molecule has 3 aromatic carbocycles. The predicted octanol–water partition coefficient (Wildman–Crippen LogP) is 5.58. The van der Waals surface area contributed by atoms with E-state index in [0.717, 1.165) is 29.8 Å². The number of aryl methyl sites for hydroxylation is 1. The van der Waals surface area contributed by atoms with Gasteiger partial charge in [0.2, 0.25) is 0 Å². The second-order valence-electron chi connectivity index (χ2n) is 7.93. The molecule has 6 heteroatoms. The summed E-state index contributed by atoms with van der Waals surface area (Å²) in [6.07, 6.45) is 0.392. The number of hydrogen-bond acceptors (Lipinski definition) is 3. The molecule has 0 radical (unpaired) electrons. The summed E-state index contributed by atoms with van der Waals surface area (Å²) in [5.41, 5.74) is 4.68.